The molecule has 0 aliphatic rings. The van der Waals surface area contributed by atoms with E-state index in [0.717, 1.165) is 34.3 Å². The first-order valence-corrected chi connectivity index (χ1v) is 9.06. The number of benzene rings is 3. The predicted octanol–water partition coefficient (Wildman–Crippen LogP) is 5.63. The molecule has 4 nitrogen and oxygen atoms in total. The third-order valence-electron chi connectivity index (χ3n) is 4.62. The highest BCUT2D eigenvalue weighted by molar-refractivity contribution is 5.96. The van der Waals surface area contributed by atoms with Crippen LogP contribution in [0.2, 0.25) is 0 Å². The Balaban J connectivity index is 1.51. The number of aromatic nitrogens is 1. The molecular weight excluding hydrogens is 336 g/mol. The fourth-order valence-corrected chi connectivity index (χ4v) is 3.18. The minimum Gasteiger partial charge on any atom is -0.436 e. The van der Waals surface area contributed by atoms with Crippen molar-refractivity contribution < 1.29 is 9.21 Å². The van der Waals surface area contributed by atoms with Crippen molar-refractivity contribution in [2.24, 2.45) is 0 Å². The maximum Gasteiger partial charge on any atom is 0.231 e. The molecule has 1 aromatic heterocycles. The minimum atomic E-state index is -0.164. The summed E-state index contributed by atoms with van der Waals surface area (Å²) >= 11 is 0. The lowest BCUT2D eigenvalue weighted by Gasteiger charge is -2.15. The average molecular weight is 356 g/mol. The van der Waals surface area contributed by atoms with Crippen LogP contribution < -0.4 is 5.32 Å². The standard InChI is InChI=1S/C23H20N2O2/c1-2-19(16-8-4-3-5-9-16)22(26)24-18-14-12-17(13-15-18)23-25-20-10-6-7-11-21(20)27-23/h3-15,19H,2H2,1H3,(H,24,26)/t19-/m1/s1. The molecule has 4 heteroatoms. The molecule has 4 aromatic rings. The zero-order valence-corrected chi connectivity index (χ0v) is 15.1. The van der Waals surface area contributed by atoms with Crippen LogP contribution in [0.1, 0.15) is 24.8 Å². The third-order valence-corrected chi connectivity index (χ3v) is 4.62. The Bertz CT molecular complexity index is 1020. The smallest absolute Gasteiger partial charge is 0.231 e. The van der Waals surface area contributed by atoms with Crippen molar-refractivity contribution in [1.29, 1.82) is 0 Å². The summed E-state index contributed by atoms with van der Waals surface area (Å²) in [6.07, 6.45) is 0.747. The molecule has 0 aliphatic heterocycles. The fourth-order valence-electron chi connectivity index (χ4n) is 3.18. The molecule has 3 aromatic carbocycles. The molecule has 0 unspecified atom stereocenters. The van der Waals surface area contributed by atoms with Crippen LogP contribution >= 0.6 is 0 Å². The number of hydrogen-bond donors (Lipinski definition) is 1. The summed E-state index contributed by atoms with van der Waals surface area (Å²) in [5.74, 6) is 0.408. The number of fused-ring (bicyclic) bond motifs is 1. The third kappa shape index (κ3) is 3.60. The van der Waals surface area contributed by atoms with Gasteiger partial charge in [0.2, 0.25) is 11.8 Å². The van der Waals surface area contributed by atoms with Crippen molar-refractivity contribution in [2.75, 3.05) is 5.32 Å². The molecule has 1 atom stereocenters. The number of rotatable bonds is 5. The van der Waals surface area contributed by atoms with Crippen molar-refractivity contribution in [3.8, 4) is 11.5 Å². The van der Waals surface area contributed by atoms with E-state index in [1.807, 2.05) is 85.8 Å². The number of nitrogens with zero attached hydrogens (tertiary/aromatic N) is 1. The lowest BCUT2D eigenvalue weighted by molar-refractivity contribution is -0.117. The van der Waals surface area contributed by atoms with Crippen LogP contribution in [0.25, 0.3) is 22.6 Å². The van der Waals surface area contributed by atoms with E-state index in [1.165, 1.54) is 0 Å². The van der Waals surface area contributed by atoms with Crippen LogP contribution in [0.15, 0.2) is 83.3 Å². The Morgan fingerprint density at radius 1 is 0.963 bits per heavy atom. The SMILES string of the molecule is CC[C@@H](C(=O)Nc1ccc(-c2nc3ccccc3o2)cc1)c1ccccc1. The van der Waals surface area contributed by atoms with Gasteiger partial charge in [0.15, 0.2) is 5.58 Å². The second-order valence-electron chi connectivity index (χ2n) is 6.42. The highest BCUT2D eigenvalue weighted by atomic mass is 16.3. The van der Waals surface area contributed by atoms with E-state index >= 15 is 0 Å². The fraction of sp³-hybridized carbons (Fsp3) is 0.130. The first-order valence-electron chi connectivity index (χ1n) is 9.06. The van der Waals surface area contributed by atoms with Gasteiger partial charge in [-0.25, -0.2) is 4.98 Å². The van der Waals surface area contributed by atoms with Crippen molar-refractivity contribution in [2.45, 2.75) is 19.3 Å². The van der Waals surface area contributed by atoms with Gasteiger partial charge in [-0.1, -0.05) is 49.4 Å². The molecule has 134 valence electrons. The molecule has 0 bridgehead atoms. The van der Waals surface area contributed by atoms with Gasteiger partial charge in [-0.3, -0.25) is 4.79 Å². The summed E-state index contributed by atoms with van der Waals surface area (Å²) in [6.45, 7) is 2.02. The first-order chi connectivity index (χ1) is 13.2. The zero-order valence-electron chi connectivity index (χ0n) is 15.1. The van der Waals surface area contributed by atoms with E-state index in [2.05, 4.69) is 10.3 Å². The quantitative estimate of drug-likeness (QED) is 0.504. The first kappa shape index (κ1) is 17.0. The minimum absolute atomic E-state index is 0.00156. The van der Waals surface area contributed by atoms with Gasteiger partial charge < -0.3 is 9.73 Å². The summed E-state index contributed by atoms with van der Waals surface area (Å²) in [5.41, 5.74) is 4.26. The van der Waals surface area contributed by atoms with E-state index in [4.69, 9.17) is 4.42 Å². The number of nitrogens with one attached hydrogen (secondary N) is 1. The second kappa shape index (κ2) is 7.46. The summed E-state index contributed by atoms with van der Waals surface area (Å²) in [5, 5.41) is 3.01. The Morgan fingerprint density at radius 3 is 2.37 bits per heavy atom. The maximum atomic E-state index is 12.7. The molecule has 27 heavy (non-hydrogen) atoms. The number of carbonyl (C=O) groups is 1. The molecular formula is C23H20N2O2. The van der Waals surface area contributed by atoms with Crippen molar-refractivity contribution in [1.82, 2.24) is 4.98 Å². The van der Waals surface area contributed by atoms with Crippen LogP contribution in [0.4, 0.5) is 5.69 Å². The van der Waals surface area contributed by atoms with Crippen LogP contribution in [0, 0.1) is 0 Å². The number of oxazole rings is 1. The highest BCUT2D eigenvalue weighted by Crippen LogP contribution is 2.26. The van der Waals surface area contributed by atoms with Crippen molar-refractivity contribution in [3.63, 3.8) is 0 Å². The summed E-state index contributed by atoms with van der Waals surface area (Å²) in [6, 6.07) is 25.1. The van der Waals surface area contributed by atoms with Gasteiger partial charge in [-0.2, -0.15) is 0 Å². The Labute approximate surface area is 157 Å². The molecule has 4 rings (SSSR count). The topological polar surface area (TPSA) is 55.1 Å². The molecule has 0 fully saturated rings. The molecule has 0 saturated carbocycles. The van der Waals surface area contributed by atoms with Crippen LogP contribution in [-0.2, 0) is 4.79 Å². The van der Waals surface area contributed by atoms with Gasteiger partial charge in [0.05, 0.1) is 5.92 Å². The van der Waals surface area contributed by atoms with E-state index < -0.39 is 0 Å². The summed E-state index contributed by atoms with van der Waals surface area (Å²) < 4.78 is 5.79. The lowest BCUT2D eigenvalue weighted by Crippen LogP contribution is -2.20. The summed E-state index contributed by atoms with van der Waals surface area (Å²) in [4.78, 5) is 17.2. The van der Waals surface area contributed by atoms with E-state index in [-0.39, 0.29) is 11.8 Å². The molecule has 1 amide bonds. The predicted molar refractivity (Wildman–Crippen MR) is 108 cm³/mol. The number of anilines is 1. The molecule has 1 N–H and O–H groups in total. The normalized spacial score (nSPS) is 12.0. The van der Waals surface area contributed by atoms with Crippen molar-refractivity contribution >= 4 is 22.7 Å². The van der Waals surface area contributed by atoms with Gasteiger partial charge in [-0.05, 0) is 48.4 Å². The van der Waals surface area contributed by atoms with Gasteiger partial charge in [0.1, 0.15) is 5.52 Å². The largest absolute Gasteiger partial charge is 0.436 e. The number of hydrogen-bond acceptors (Lipinski definition) is 3. The Morgan fingerprint density at radius 2 is 1.67 bits per heavy atom. The molecule has 0 spiro atoms. The monoisotopic (exact) mass is 356 g/mol. The van der Waals surface area contributed by atoms with Crippen LogP contribution in [0.5, 0.6) is 0 Å². The maximum absolute atomic E-state index is 12.7. The molecule has 0 saturated heterocycles. The Kier molecular flexibility index (Phi) is 4.71. The van der Waals surface area contributed by atoms with Crippen LogP contribution in [-0.4, -0.2) is 10.9 Å². The van der Waals surface area contributed by atoms with Crippen molar-refractivity contribution in [3.05, 3.63) is 84.4 Å². The second-order valence-corrected chi connectivity index (χ2v) is 6.42. The zero-order chi connectivity index (χ0) is 18.6. The molecule has 0 radical (unpaired) electrons. The van der Waals surface area contributed by atoms with E-state index in [1.54, 1.807) is 0 Å². The number of amides is 1. The van der Waals surface area contributed by atoms with Gasteiger partial charge in [0.25, 0.3) is 0 Å². The van der Waals surface area contributed by atoms with Gasteiger partial charge >= 0.3 is 0 Å². The number of para-hydroxylation sites is 2. The Hall–Kier alpha value is -3.40. The number of carbonyl (C=O) groups excluding carboxylic acids is 1. The van der Waals surface area contributed by atoms with Gasteiger partial charge in [0, 0.05) is 11.3 Å². The van der Waals surface area contributed by atoms with E-state index in [9.17, 15) is 4.79 Å². The lowest BCUT2D eigenvalue weighted by atomic mass is 9.95. The highest BCUT2D eigenvalue weighted by Gasteiger charge is 2.18. The average Bonchev–Trinajstić information content (AvgIpc) is 3.14. The van der Waals surface area contributed by atoms with Crippen LogP contribution in [0.3, 0.4) is 0 Å². The van der Waals surface area contributed by atoms with E-state index in [0.29, 0.717) is 5.89 Å². The summed E-state index contributed by atoms with van der Waals surface area (Å²) in [7, 11) is 0. The molecule has 1 heterocycles. The van der Waals surface area contributed by atoms with Gasteiger partial charge in [-0.15, -0.1) is 0 Å². The molecule has 0 aliphatic carbocycles.